The molecular formula is C13H16N2S2. The van der Waals surface area contributed by atoms with E-state index in [1.807, 2.05) is 11.8 Å². The maximum Gasteiger partial charge on any atom is 0.178 e. The number of fused-ring (bicyclic) bond motifs is 1. The maximum absolute atomic E-state index is 5.49. The molecule has 1 unspecified atom stereocenters. The van der Waals surface area contributed by atoms with Crippen LogP contribution in [0.1, 0.15) is 24.4 Å². The van der Waals surface area contributed by atoms with Crippen molar-refractivity contribution in [2.24, 2.45) is 0 Å². The van der Waals surface area contributed by atoms with Crippen LogP contribution in [0.4, 0.5) is 0 Å². The Labute approximate surface area is 110 Å². The number of rotatable bonds is 1. The van der Waals surface area contributed by atoms with E-state index in [-0.39, 0.29) is 0 Å². The highest BCUT2D eigenvalue weighted by Crippen LogP contribution is 2.31. The molecule has 0 bridgehead atoms. The standard InChI is InChI=1S/C13H16N2S2/c1-9-4-2-6-11-12(9)15(13(16)14-11)10-5-3-7-17-8-10/h2,4,6,10H,3,5,7-8H2,1H3,(H,14,16). The van der Waals surface area contributed by atoms with Crippen molar-refractivity contribution < 1.29 is 0 Å². The van der Waals surface area contributed by atoms with Crippen molar-refractivity contribution in [2.75, 3.05) is 11.5 Å². The molecule has 1 aliphatic heterocycles. The number of hydrogen-bond acceptors (Lipinski definition) is 2. The Hall–Kier alpha value is -0.740. The molecule has 3 rings (SSSR count). The van der Waals surface area contributed by atoms with E-state index in [0.29, 0.717) is 6.04 Å². The van der Waals surface area contributed by atoms with E-state index < -0.39 is 0 Å². The average Bonchev–Trinajstić information content (AvgIpc) is 2.68. The summed E-state index contributed by atoms with van der Waals surface area (Å²) in [7, 11) is 0. The van der Waals surface area contributed by atoms with Gasteiger partial charge in [-0.3, -0.25) is 0 Å². The lowest BCUT2D eigenvalue weighted by Crippen LogP contribution is -2.16. The average molecular weight is 264 g/mol. The fourth-order valence-corrected chi connectivity index (χ4v) is 4.11. The fourth-order valence-electron chi connectivity index (χ4n) is 2.63. The van der Waals surface area contributed by atoms with Crippen molar-refractivity contribution >= 4 is 35.0 Å². The van der Waals surface area contributed by atoms with E-state index in [9.17, 15) is 0 Å². The zero-order valence-electron chi connectivity index (χ0n) is 9.90. The fraction of sp³-hybridized carbons (Fsp3) is 0.462. The van der Waals surface area contributed by atoms with Crippen molar-refractivity contribution in [3.63, 3.8) is 0 Å². The topological polar surface area (TPSA) is 20.7 Å². The van der Waals surface area contributed by atoms with Crippen LogP contribution in [0.3, 0.4) is 0 Å². The van der Waals surface area contributed by atoms with Gasteiger partial charge in [-0.25, -0.2) is 0 Å². The molecule has 0 amide bonds. The molecule has 0 spiro atoms. The molecule has 0 saturated carbocycles. The second kappa shape index (κ2) is 4.50. The van der Waals surface area contributed by atoms with Gasteiger partial charge in [0.1, 0.15) is 0 Å². The Morgan fingerprint density at radius 3 is 3.12 bits per heavy atom. The van der Waals surface area contributed by atoms with Gasteiger partial charge in [-0.1, -0.05) is 12.1 Å². The zero-order chi connectivity index (χ0) is 11.8. The highest BCUT2D eigenvalue weighted by molar-refractivity contribution is 7.99. The summed E-state index contributed by atoms with van der Waals surface area (Å²) < 4.78 is 3.22. The van der Waals surface area contributed by atoms with E-state index in [4.69, 9.17) is 12.2 Å². The summed E-state index contributed by atoms with van der Waals surface area (Å²) >= 11 is 7.53. The van der Waals surface area contributed by atoms with E-state index >= 15 is 0 Å². The molecule has 1 aromatic heterocycles. The SMILES string of the molecule is Cc1cccc2[nH]c(=S)n(C3CCCSC3)c12. The number of aromatic nitrogens is 2. The summed E-state index contributed by atoms with van der Waals surface area (Å²) in [6.45, 7) is 2.16. The normalized spacial score (nSPS) is 20.9. The van der Waals surface area contributed by atoms with Crippen molar-refractivity contribution in [2.45, 2.75) is 25.8 Å². The van der Waals surface area contributed by atoms with Crippen molar-refractivity contribution in [1.82, 2.24) is 9.55 Å². The molecule has 1 fully saturated rings. The minimum atomic E-state index is 0.566. The smallest absolute Gasteiger partial charge is 0.178 e. The third-order valence-electron chi connectivity index (χ3n) is 3.44. The molecule has 1 aliphatic rings. The number of para-hydroxylation sites is 1. The van der Waals surface area contributed by atoms with Gasteiger partial charge in [0.25, 0.3) is 0 Å². The largest absolute Gasteiger partial charge is 0.331 e. The molecule has 1 aromatic carbocycles. The molecule has 2 nitrogen and oxygen atoms in total. The van der Waals surface area contributed by atoms with Gasteiger partial charge in [0.15, 0.2) is 4.77 Å². The molecule has 1 atom stereocenters. The van der Waals surface area contributed by atoms with E-state index in [2.05, 4.69) is 34.7 Å². The third kappa shape index (κ3) is 1.93. The van der Waals surface area contributed by atoms with Crippen molar-refractivity contribution in [3.05, 3.63) is 28.5 Å². The highest BCUT2D eigenvalue weighted by Gasteiger charge is 2.19. The zero-order valence-corrected chi connectivity index (χ0v) is 11.5. The van der Waals surface area contributed by atoms with Crippen molar-refractivity contribution in [1.29, 1.82) is 0 Å². The van der Waals surface area contributed by atoms with Crippen LogP contribution >= 0.6 is 24.0 Å². The Morgan fingerprint density at radius 2 is 2.35 bits per heavy atom. The van der Waals surface area contributed by atoms with Gasteiger partial charge < -0.3 is 9.55 Å². The predicted molar refractivity (Wildman–Crippen MR) is 77.5 cm³/mol. The monoisotopic (exact) mass is 264 g/mol. The number of nitrogens with zero attached hydrogens (tertiary/aromatic N) is 1. The highest BCUT2D eigenvalue weighted by atomic mass is 32.2. The Balaban J connectivity index is 2.20. The van der Waals surface area contributed by atoms with Crippen LogP contribution in [0, 0.1) is 11.7 Å². The van der Waals surface area contributed by atoms with Crippen LogP contribution in [0.2, 0.25) is 0 Å². The number of nitrogens with one attached hydrogen (secondary N) is 1. The maximum atomic E-state index is 5.49. The molecule has 2 heterocycles. The molecule has 1 N–H and O–H groups in total. The first kappa shape index (κ1) is 11.4. The molecule has 0 aliphatic carbocycles. The summed E-state index contributed by atoms with van der Waals surface area (Å²) in [5, 5.41) is 0. The van der Waals surface area contributed by atoms with Crippen molar-refractivity contribution in [3.8, 4) is 0 Å². The van der Waals surface area contributed by atoms with Gasteiger partial charge in [-0.05, 0) is 49.4 Å². The Kier molecular flexibility index (Phi) is 3.01. The molecule has 0 radical (unpaired) electrons. The number of H-pyrrole nitrogens is 1. The van der Waals surface area contributed by atoms with Gasteiger partial charge in [0, 0.05) is 11.8 Å². The second-order valence-corrected chi connectivity index (χ2v) is 6.18. The van der Waals surface area contributed by atoms with E-state index in [1.54, 1.807) is 0 Å². The predicted octanol–water partition coefficient (Wildman–Crippen LogP) is 4.08. The Morgan fingerprint density at radius 1 is 1.47 bits per heavy atom. The minimum Gasteiger partial charge on any atom is -0.331 e. The molecule has 90 valence electrons. The first-order valence-corrected chi connectivity index (χ1v) is 7.61. The number of aryl methyl sites for hydroxylation is 1. The molecule has 2 aromatic rings. The Bertz CT molecular complexity index is 591. The summed E-state index contributed by atoms with van der Waals surface area (Å²) in [6.07, 6.45) is 2.55. The molecule has 1 saturated heterocycles. The van der Waals surface area contributed by atoms with Gasteiger partial charge in [-0.15, -0.1) is 0 Å². The number of imidazole rings is 1. The van der Waals surface area contributed by atoms with Gasteiger partial charge in [-0.2, -0.15) is 11.8 Å². The lowest BCUT2D eigenvalue weighted by molar-refractivity contribution is 0.506. The van der Waals surface area contributed by atoms with Crippen LogP contribution < -0.4 is 0 Å². The molecule has 17 heavy (non-hydrogen) atoms. The number of thioether (sulfide) groups is 1. The van der Waals surface area contributed by atoms with Crippen LogP contribution in [-0.2, 0) is 0 Å². The van der Waals surface area contributed by atoms with Gasteiger partial charge in [0.2, 0.25) is 0 Å². The first-order valence-electron chi connectivity index (χ1n) is 6.05. The van der Waals surface area contributed by atoms with Crippen LogP contribution in [0.5, 0.6) is 0 Å². The van der Waals surface area contributed by atoms with Crippen LogP contribution in [0.15, 0.2) is 18.2 Å². The molecule has 4 heteroatoms. The summed E-state index contributed by atoms with van der Waals surface area (Å²) in [5.74, 6) is 2.49. The van der Waals surface area contributed by atoms with E-state index in [0.717, 1.165) is 4.77 Å². The summed E-state index contributed by atoms with van der Waals surface area (Å²) in [4.78, 5) is 3.33. The second-order valence-electron chi connectivity index (χ2n) is 4.64. The first-order chi connectivity index (χ1) is 8.27. The third-order valence-corrected chi connectivity index (χ3v) is 4.94. The minimum absolute atomic E-state index is 0.566. The summed E-state index contributed by atoms with van der Waals surface area (Å²) in [5.41, 5.74) is 3.78. The number of benzene rings is 1. The summed E-state index contributed by atoms with van der Waals surface area (Å²) in [6, 6.07) is 6.93. The quantitative estimate of drug-likeness (QED) is 0.784. The van der Waals surface area contributed by atoms with Crippen LogP contribution in [-0.4, -0.2) is 21.1 Å². The van der Waals surface area contributed by atoms with Gasteiger partial charge in [0.05, 0.1) is 11.0 Å². The lowest BCUT2D eigenvalue weighted by atomic mass is 10.1. The van der Waals surface area contributed by atoms with Gasteiger partial charge >= 0.3 is 0 Å². The molecular weight excluding hydrogens is 248 g/mol. The van der Waals surface area contributed by atoms with E-state index in [1.165, 1.54) is 40.9 Å². The number of hydrogen-bond donors (Lipinski definition) is 1. The number of aromatic amines is 1. The lowest BCUT2D eigenvalue weighted by Gasteiger charge is -2.23. The van der Waals surface area contributed by atoms with Crippen LogP contribution in [0.25, 0.3) is 11.0 Å².